The van der Waals surface area contributed by atoms with Crippen LogP contribution in [-0.4, -0.2) is 44.5 Å². The molecule has 1 fully saturated rings. The zero-order valence-electron chi connectivity index (χ0n) is 17.7. The molecular weight excluding hydrogens is 377 g/mol. The van der Waals surface area contributed by atoms with E-state index in [0.29, 0.717) is 12.3 Å². The molecule has 1 aromatic carbocycles. The minimum atomic E-state index is -2.90. The molecule has 0 bridgehead atoms. The summed E-state index contributed by atoms with van der Waals surface area (Å²) in [7, 11) is -2.90. The van der Waals surface area contributed by atoms with Crippen molar-refractivity contribution in [2.75, 3.05) is 17.2 Å². The van der Waals surface area contributed by atoms with Crippen LogP contribution in [0.2, 0.25) is 0 Å². The Labute approximate surface area is 170 Å². The summed E-state index contributed by atoms with van der Waals surface area (Å²) < 4.78 is 43.5. The summed E-state index contributed by atoms with van der Waals surface area (Å²) in [6.45, 7) is 7.81. The molecule has 1 heterocycles. The number of morpholine rings is 1. The van der Waals surface area contributed by atoms with Gasteiger partial charge in [-0.25, -0.2) is 12.8 Å². The first-order chi connectivity index (χ1) is 13.2. The Bertz CT molecular complexity index is 690. The Balaban J connectivity index is 1.69. The number of hydrogen-bond acceptors (Lipinski definition) is 4. The molecule has 1 aromatic rings. The lowest BCUT2D eigenvalue weighted by Gasteiger charge is -2.39. The molecular formula is C22H36FNO3S. The number of hydrogen-bond donors (Lipinski definition) is 0. The van der Waals surface area contributed by atoms with Gasteiger partial charge in [-0.3, -0.25) is 0 Å². The van der Waals surface area contributed by atoms with Crippen LogP contribution in [0.1, 0.15) is 65.4 Å². The number of halogens is 1. The molecule has 1 unspecified atom stereocenters. The number of unbranched alkanes of at least 4 members (excludes halogenated alkanes) is 4. The van der Waals surface area contributed by atoms with E-state index < -0.39 is 22.2 Å². The van der Waals surface area contributed by atoms with Gasteiger partial charge in [-0.15, -0.1) is 0 Å². The van der Waals surface area contributed by atoms with Crippen molar-refractivity contribution in [2.24, 2.45) is 0 Å². The van der Waals surface area contributed by atoms with Crippen molar-refractivity contribution in [3.8, 4) is 0 Å². The third kappa shape index (κ3) is 6.73. The van der Waals surface area contributed by atoms with Crippen LogP contribution in [0.5, 0.6) is 0 Å². The fourth-order valence-corrected chi connectivity index (χ4v) is 4.68. The van der Waals surface area contributed by atoms with Gasteiger partial charge in [0, 0.05) is 12.2 Å². The summed E-state index contributed by atoms with van der Waals surface area (Å²) in [6.07, 6.45) is 4.49. The Morgan fingerprint density at radius 1 is 1.07 bits per heavy atom. The maximum Gasteiger partial charge on any atom is 0.198 e. The van der Waals surface area contributed by atoms with E-state index in [1.807, 2.05) is 19.1 Å². The molecule has 0 saturated carbocycles. The molecule has 2 rings (SSSR count). The Morgan fingerprint density at radius 3 is 2.32 bits per heavy atom. The van der Waals surface area contributed by atoms with Crippen LogP contribution in [-0.2, 0) is 21.0 Å². The maximum atomic E-state index is 14.4. The maximum absolute atomic E-state index is 14.4. The van der Waals surface area contributed by atoms with Crippen LogP contribution >= 0.6 is 0 Å². The van der Waals surface area contributed by atoms with Crippen LogP contribution in [0, 0.1) is 0 Å². The highest BCUT2D eigenvalue weighted by atomic mass is 32.2. The highest BCUT2D eigenvalue weighted by Gasteiger charge is 2.32. The second kappa shape index (κ2) is 10.6. The summed E-state index contributed by atoms with van der Waals surface area (Å²) in [4.78, 5) is 1.79. The van der Waals surface area contributed by atoms with Crippen molar-refractivity contribution in [3.63, 3.8) is 0 Å². The topological polar surface area (TPSA) is 46.6 Å². The molecule has 4 nitrogen and oxygen atoms in total. The quantitative estimate of drug-likeness (QED) is 0.404. The van der Waals surface area contributed by atoms with E-state index in [4.69, 9.17) is 4.74 Å². The normalized spacial score (nSPS) is 23.4. The number of nitrogens with zero attached hydrogens (tertiary/aromatic N) is 1. The number of ether oxygens (including phenoxy) is 1. The van der Waals surface area contributed by atoms with Gasteiger partial charge in [-0.05, 0) is 64.7 Å². The molecule has 1 aliphatic heterocycles. The number of benzene rings is 1. The van der Waals surface area contributed by atoms with E-state index >= 15 is 0 Å². The second-order valence-corrected chi connectivity index (χ2v) is 11.0. The fourth-order valence-electron chi connectivity index (χ4n) is 3.61. The predicted octanol–water partition coefficient (Wildman–Crippen LogP) is 4.91. The lowest BCUT2D eigenvalue weighted by atomic mass is 10.0. The summed E-state index contributed by atoms with van der Waals surface area (Å²) in [5.74, 6) is 0.306. The minimum Gasteiger partial charge on any atom is -0.369 e. The molecule has 0 aromatic heterocycles. The number of aryl methyl sites for hydroxylation is 1. The standard InChI is InChI=1S/C22H36FNO3S/c1-17(2)28(25,26)15-9-7-5-6-8-10-20-11-13-21(14-12-20)24-16-18(3)27-19(4)22(24)23/h11-14,17-19,22H,5-10,15-16H2,1-4H3/t18-,19+,22?/m0/s1. The molecule has 0 radical (unpaired) electrons. The molecule has 1 saturated heterocycles. The number of sulfone groups is 1. The second-order valence-electron chi connectivity index (χ2n) is 8.28. The predicted molar refractivity (Wildman–Crippen MR) is 114 cm³/mol. The van der Waals surface area contributed by atoms with Gasteiger partial charge >= 0.3 is 0 Å². The first kappa shape index (κ1) is 23.1. The number of alkyl halides is 1. The van der Waals surface area contributed by atoms with Crippen molar-refractivity contribution >= 4 is 15.5 Å². The van der Waals surface area contributed by atoms with Crippen LogP contribution < -0.4 is 4.90 Å². The first-order valence-electron chi connectivity index (χ1n) is 10.6. The molecule has 160 valence electrons. The molecule has 6 heteroatoms. The van der Waals surface area contributed by atoms with Crippen LogP contribution in [0.3, 0.4) is 0 Å². The Hall–Kier alpha value is -1.14. The van der Waals surface area contributed by atoms with E-state index in [1.54, 1.807) is 25.7 Å². The average molecular weight is 414 g/mol. The fraction of sp³-hybridized carbons (Fsp3) is 0.727. The Morgan fingerprint density at radius 2 is 1.68 bits per heavy atom. The van der Waals surface area contributed by atoms with Gasteiger partial charge in [-0.2, -0.15) is 0 Å². The highest BCUT2D eigenvalue weighted by molar-refractivity contribution is 7.91. The molecule has 0 aliphatic carbocycles. The minimum absolute atomic E-state index is 0.0252. The van der Waals surface area contributed by atoms with E-state index in [2.05, 4.69) is 12.1 Å². The molecule has 0 N–H and O–H groups in total. The van der Waals surface area contributed by atoms with Gasteiger partial charge in [0.15, 0.2) is 16.1 Å². The van der Waals surface area contributed by atoms with Crippen molar-refractivity contribution in [2.45, 2.75) is 90.0 Å². The van der Waals surface area contributed by atoms with Crippen LogP contribution in [0.25, 0.3) is 0 Å². The first-order valence-corrected chi connectivity index (χ1v) is 12.3. The smallest absolute Gasteiger partial charge is 0.198 e. The highest BCUT2D eigenvalue weighted by Crippen LogP contribution is 2.26. The van der Waals surface area contributed by atoms with Gasteiger partial charge in [-0.1, -0.05) is 31.4 Å². The van der Waals surface area contributed by atoms with Crippen molar-refractivity contribution in [1.82, 2.24) is 0 Å². The van der Waals surface area contributed by atoms with Gasteiger partial charge < -0.3 is 9.64 Å². The van der Waals surface area contributed by atoms with E-state index in [9.17, 15) is 12.8 Å². The molecule has 0 amide bonds. The lowest BCUT2D eigenvalue weighted by molar-refractivity contribution is -0.0614. The summed E-state index contributed by atoms with van der Waals surface area (Å²) in [5.41, 5.74) is 2.17. The van der Waals surface area contributed by atoms with Crippen molar-refractivity contribution in [3.05, 3.63) is 29.8 Å². The zero-order valence-corrected chi connectivity index (χ0v) is 18.6. The van der Waals surface area contributed by atoms with Gasteiger partial charge in [0.25, 0.3) is 0 Å². The molecule has 3 atom stereocenters. The molecule has 1 aliphatic rings. The number of anilines is 1. The summed E-state index contributed by atoms with van der Waals surface area (Å²) in [6, 6.07) is 8.18. The third-order valence-electron chi connectivity index (χ3n) is 5.47. The monoisotopic (exact) mass is 413 g/mol. The zero-order chi connectivity index (χ0) is 20.7. The SMILES string of the molecule is CC(C)S(=O)(=O)CCCCCCCc1ccc(N2C[C@H](C)O[C@H](C)C2F)cc1. The van der Waals surface area contributed by atoms with E-state index in [1.165, 1.54) is 5.56 Å². The molecule has 0 spiro atoms. The average Bonchev–Trinajstić information content (AvgIpc) is 2.64. The summed E-state index contributed by atoms with van der Waals surface area (Å²) in [5, 5.41) is -0.271. The Kier molecular flexibility index (Phi) is 8.75. The van der Waals surface area contributed by atoms with Gasteiger partial charge in [0.2, 0.25) is 0 Å². The summed E-state index contributed by atoms with van der Waals surface area (Å²) >= 11 is 0. The van der Waals surface area contributed by atoms with Crippen LogP contribution in [0.4, 0.5) is 10.1 Å². The van der Waals surface area contributed by atoms with Gasteiger partial charge in [0.05, 0.1) is 17.1 Å². The lowest BCUT2D eigenvalue weighted by Crippen LogP contribution is -2.51. The number of rotatable bonds is 10. The van der Waals surface area contributed by atoms with E-state index in [0.717, 1.165) is 44.2 Å². The van der Waals surface area contributed by atoms with Crippen LogP contribution in [0.15, 0.2) is 24.3 Å². The van der Waals surface area contributed by atoms with Crippen molar-refractivity contribution < 1.29 is 17.5 Å². The van der Waals surface area contributed by atoms with Gasteiger partial charge in [0.1, 0.15) is 6.10 Å². The van der Waals surface area contributed by atoms with E-state index in [-0.39, 0.29) is 11.4 Å². The largest absolute Gasteiger partial charge is 0.369 e. The third-order valence-corrected chi connectivity index (χ3v) is 7.76. The van der Waals surface area contributed by atoms with Crippen molar-refractivity contribution in [1.29, 1.82) is 0 Å². The molecule has 28 heavy (non-hydrogen) atoms.